The van der Waals surface area contributed by atoms with Crippen molar-refractivity contribution in [1.29, 1.82) is 0 Å². The summed E-state index contributed by atoms with van der Waals surface area (Å²) in [5, 5.41) is 5.99. The zero-order valence-corrected chi connectivity index (χ0v) is 52.2. The first-order valence-electron chi connectivity index (χ1n) is 35.9. The Morgan fingerprint density at radius 1 is 0.489 bits per heavy atom. The Labute approximate surface area is 559 Å². The fraction of sp³-hybridized carbons (Fsp3) is 0.0602. The molecule has 7 heteroatoms. The van der Waals surface area contributed by atoms with Crippen LogP contribution < -0.4 is 30.1 Å². The van der Waals surface area contributed by atoms with Crippen molar-refractivity contribution in [2.75, 3.05) is 0 Å². The number of benzene rings is 12. The molecule has 0 amide bonds. The minimum atomic E-state index is -3.45. The van der Waals surface area contributed by atoms with Crippen LogP contribution in [0.3, 0.4) is 0 Å². The van der Waals surface area contributed by atoms with E-state index in [0.717, 1.165) is 48.1 Å². The zero-order chi connectivity index (χ0) is 71.0. The summed E-state index contributed by atoms with van der Waals surface area (Å²) in [4.78, 5) is 4.88. The van der Waals surface area contributed by atoms with Gasteiger partial charge in [-0.3, -0.25) is 4.57 Å². The molecule has 1 aliphatic rings. The third-order valence-electron chi connectivity index (χ3n) is 17.1. The van der Waals surface area contributed by atoms with Crippen molar-refractivity contribution in [3.8, 4) is 84.3 Å². The van der Waals surface area contributed by atoms with Gasteiger partial charge < -0.3 is 13.9 Å². The van der Waals surface area contributed by atoms with Crippen LogP contribution in [0.2, 0.25) is 0 Å². The molecule has 0 saturated heterocycles. The van der Waals surface area contributed by atoms with E-state index in [1.54, 1.807) is 45.5 Å². The molecule has 90 heavy (non-hydrogen) atoms. The first-order valence-corrected chi connectivity index (χ1v) is 31.4. The molecule has 0 radical (unpaired) electrons. The van der Waals surface area contributed by atoms with Crippen LogP contribution in [0.15, 0.2) is 291 Å². The largest absolute Gasteiger partial charge is 0.510 e. The van der Waals surface area contributed by atoms with E-state index >= 15 is 0 Å². The van der Waals surface area contributed by atoms with Crippen LogP contribution >= 0.6 is 0 Å². The van der Waals surface area contributed by atoms with Gasteiger partial charge in [0.15, 0.2) is 8.07 Å². The van der Waals surface area contributed by atoms with E-state index in [-0.39, 0.29) is 65.7 Å². The van der Waals surface area contributed by atoms with Crippen LogP contribution in [-0.2, 0) is 26.5 Å². The minimum absolute atomic E-state index is 0. The molecule has 0 N–H and O–H groups in total. The van der Waals surface area contributed by atoms with Gasteiger partial charge in [0.2, 0.25) is 0 Å². The Hall–Kier alpha value is -10.2. The standard InChI is InChI=1S/C83H60N4OSi.Pt/c1-56-47-73(58-27-12-6-13-28-58)81-75(48-56)74-54-67(89(64-31-14-7-15-32-64,65-33-16-8-17-34-65)66-35-18-9-19-36-66)42-44-70(74)68-37-20-21-38-69(68)76-49-59(57-25-10-5-11-26-57)50-79-82(76)86(81)55-85(79)61-29-24-30-62(52-61)88-63-41-43-72-71-39-22-23-40-77(71)87(78(72)53-63)80-51-60(45-46-84-80)83(2,3)4;/h5-51,54H,1-4H3;/q-2;/i1D3,5D,6D,10D,11D,12D,13D,25D,26D,27D,28D;. The molecule has 0 bridgehead atoms. The molecule has 0 atom stereocenters. The van der Waals surface area contributed by atoms with Gasteiger partial charge in [0.1, 0.15) is 5.82 Å². The Bertz CT molecular complexity index is 5820. The van der Waals surface area contributed by atoms with Gasteiger partial charge in [-0.05, 0) is 130 Å². The molecule has 1 aliphatic heterocycles. The monoisotopic (exact) mass is 1360 g/mol. The maximum Gasteiger partial charge on any atom is 0.268 e. The number of para-hydroxylation sites is 1. The van der Waals surface area contributed by atoms with Crippen molar-refractivity contribution >= 4 is 61.7 Å². The van der Waals surface area contributed by atoms with Crippen LogP contribution in [0.1, 0.15) is 49.7 Å². The summed E-state index contributed by atoms with van der Waals surface area (Å²) < 4.78 is 133. The van der Waals surface area contributed by atoms with Crippen LogP contribution in [0.25, 0.3) is 106 Å². The second-order valence-corrected chi connectivity index (χ2v) is 27.1. The van der Waals surface area contributed by atoms with Crippen molar-refractivity contribution < 1.29 is 48.2 Å². The van der Waals surface area contributed by atoms with E-state index in [1.165, 1.54) is 6.07 Å². The average molecular weight is 1370 g/mol. The van der Waals surface area contributed by atoms with Gasteiger partial charge in [-0.1, -0.05) is 262 Å². The average Bonchev–Trinajstić information content (AvgIpc) is 1.70. The molecule has 3 aromatic heterocycles. The normalized spacial score (nSPS) is 14.1. The van der Waals surface area contributed by atoms with Gasteiger partial charge in [0.25, 0.3) is 6.33 Å². The number of imidazole rings is 1. The van der Waals surface area contributed by atoms with E-state index in [4.69, 9.17) is 15.2 Å². The topological polar surface area (TPSA) is 35.9 Å². The van der Waals surface area contributed by atoms with Crippen molar-refractivity contribution in [2.24, 2.45) is 0 Å². The van der Waals surface area contributed by atoms with Crippen LogP contribution in [0.5, 0.6) is 11.5 Å². The van der Waals surface area contributed by atoms with E-state index < -0.39 is 75.3 Å². The fourth-order valence-corrected chi connectivity index (χ4v) is 17.9. The molecule has 0 spiro atoms. The summed E-state index contributed by atoms with van der Waals surface area (Å²) in [7, 11) is -3.45. The molecule has 0 unspecified atom stereocenters. The zero-order valence-electron chi connectivity index (χ0n) is 62.0. The molecule has 16 rings (SSSR count). The smallest absolute Gasteiger partial charge is 0.268 e. The molecule has 15 aromatic rings. The number of hydrogen-bond donors (Lipinski definition) is 0. The predicted octanol–water partition coefficient (Wildman–Crippen LogP) is 17.2. The predicted molar refractivity (Wildman–Crippen MR) is 368 cm³/mol. The summed E-state index contributed by atoms with van der Waals surface area (Å²) >= 11 is 0. The number of aromatic nitrogens is 4. The molecule has 0 fully saturated rings. The van der Waals surface area contributed by atoms with Gasteiger partial charge in [-0.15, -0.1) is 29.7 Å². The van der Waals surface area contributed by atoms with Gasteiger partial charge in [-0.25, -0.2) is 4.98 Å². The second kappa shape index (κ2) is 22.7. The van der Waals surface area contributed by atoms with Gasteiger partial charge in [0, 0.05) is 48.4 Å². The first-order chi connectivity index (χ1) is 49.0. The van der Waals surface area contributed by atoms with E-state index in [0.29, 0.717) is 61.7 Å². The number of nitrogens with zero attached hydrogens (tertiary/aromatic N) is 4. The summed E-state index contributed by atoms with van der Waals surface area (Å²) in [6.07, 6.45) is 5.51. The summed E-state index contributed by atoms with van der Waals surface area (Å²) in [6.45, 7) is 3.63. The van der Waals surface area contributed by atoms with E-state index in [2.05, 4.69) is 111 Å². The van der Waals surface area contributed by atoms with Gasteiger partial charge >= 0.3 is 0 Å². The Morgan fingerprint density at radius 3 is 1.80 bits per heavy atom. The van der Waals surface area contributed by atoms with Crippen LogP contribution in [0.4, 0.5) is 0 Å². The van der Waals surface area contributed by atoms with Crippen molar-refractivity contribution in [3.63, 3.8) is 0 Å². The summed E-state index contributed by atoms with van der Waals surface area (Å²) in [6, 6.07) is 74.4. The molecule has 0 saturated carbocycles. The summed E-state index contributed by atoms with van der Waals surface area (Å²) in [5.41, 5.74) is 6.71. The number of pyridine rings is 1. The number of hydrogen-bond acceptors (Lipinski definition) is 2. The number of aryl methyl sites for hydroxylation is 1. The number of rotatable bonds is 10. The van der Waals surface area contributed by atoms with Crippen molar-refractivity contribution in [3.05, 3.63) is 321 Å². The molecule has 12 aromatic carbocycles. The SMILES string of the molecule is [2H]c1c([2H])c([2H])c(-c2cc3c4c(c2)n(-c2[c-]c(Oc5[c-]c6c(cc5)c5ccccc5n6-c5cc(C(C)(C)C)ccn5)ccc2)[c-][n+]4-c2c(cc(C([2H])([2H])[2H])cc2-c2c([2H])c([2H])c([2H])c([2H])c2[2H])-c2cc([Si](c4ccccc4)(c4ccccc4)c4ccccc4)ccc2-c2ccccc2-3)c([2H])c1[2H].[Pt]. The van der Waals surface area contributed by atoms with Crippen LogP contribution in [0, 0.1) is 25.3 Å². The Balaban J connectivity index is 0.00000856. The molecule has 0 aliphatic carbocycles. The third kappa shape index (κ3) is 9.49. The van der Waals surface area contributed by atoms with Crippen molar-refractivity contribution in [2.45, 2.75) is 33.0 Å². The molecular formula is C83H60N4OPtSi-2. The van der Waals surface area contributed by atoms with Crippen molar-refractivity contribution in [1.82, 2.24) is 14.1 Å². The maximum atomic E-state index is 9.79. The second-order valence-electron chi connectivity index (χ2n) is 23.3. The minimum Gasteiger partial charge on any atom is -0.510 e. The molecule has 434 valence electrons. The Kier molecular flexibility index (Phi) is 11.0. The molecule has 4 heterocycles. The fourth-order valence-electron chi connectivity index (χ4n) is 13.1. The van der Waals surface area contributed by atoms with Crippen LogP contribution in [-0.4, -0.2) is 22.2 Å². The number of fused-ring (bicyclic) bond motifs is 10. The first kappa shape index (κ1) is 43.4. The molecular weight excluding hydrogens is 1290 g/mol. The van der Waals surface area contributed by atoms with E-state index in [9.17, 15) is 12.3 Å². The quantitative estimate of drug-likeness (QED) is 0.0592. The Morgan fingerprint density at radius 2 is 1.11 bits per heavy atom. The maximum absolute atomic E-state index is 9.79. The molecule has 5 nitrogen and oxygen atoms in total. The van der Waals surface area contributed by atoms with E-state index in [1.807, 2.05) is 121 Å². The van der Waals surface area contributed by atoms with Gasteiger partial charge in [0.05, 0.1) is 30.4 Å². The number of ether oxygens (including phenoxy) is 1. The third-order valence-corrected chi connectivity index (χ3v) is 21.9. The van der Waals surface area contributed by atoms with Gasteiger partial charge in [-0.2, -0.15) is 18.2 Å². The summed E-state index contributed by atoms with van der Waals surface area (Å²) in [5.74, 6) is 1.31.